The lowest BCUT2D eigenvalue weighted by molar-refractivity contribution is 0.247. The van der Waals surface area contributed by atoms with Crippen LogP contribution in [0.3, 0.4) is 0 Å². The summed E-state index contributed by atoms with van der Waals surface area (Å²) in [6.45, 7) is 5.56. The maximum absolute atomic E-state index is 5.65. The van der Waals surface area contributed by atoms with Gasteiger partial charge in [-0.15, -0.1) is 0 Å². The second-order valence-electron chi connectivity index (χ2n) is 6.93. The van der Waals surface area contributed by atoms with Gasteiger partial charge in [0.15, 0.2) is 5.82 Å². The van der Waals surface area contributed by atoms with E-state index in [1.165, 1.54) is 44.9 Å². The molecule has 4 heteroatoms. The molecular weight excluding hydrogens is 262 g/mol. The van der Waals surface area contributed by atoms with Gasteiger partial charge in [-0.2, -0.15) is 4.98 Å². The van der Waals surface area contributed by atoms with Crippen LogP contribution in [0.2, 0.25) is 0 Å². The Morgan fingerprint density at radius 1 is 1.24 bits per heavy atom. The van der Waals surface area contributed by atoms with Gasteiger partial charge in [0.2, 0.25) is 5.89 Å². The van der Waals surface area contributed by atoms with E-state index in [0.717, 1.165) is 37.0 Å². The van der Waals surface area contributed by atoms with Gasteiger partial charge in [0.25, 0.3) is 0 Å². The van der Waals surface area contributed by atoms with Crippen LogP contribution in [0.25, 0.3) is 0 Å². The first-order valence-corrected chi connectivity index (χ1v) is 8.86. The van der Waals surface area contributed by atoms with Crippen molar-refractivity contribution in [3.8, 4) is 0 Å². The van der Waals surface area contributed by atoms with E-state index in [9.17, 15) is 0 Å². The van der Waals surface area contributed by atoms with E-state index in [1.807, 2.05) is 0 Å². The summed E-state index contributed by atoms with van der Waals surface area (Å²) in [5.74, 6) is 3.23. The number of aromatic nitrogens is 2. The smallest absolute Gasteiger partial charge is 0.246 e. The van der Waals surface area contributed by atoms with Gasteiger partial charge in [-0.25, -0.2) is 0 Å². The molecule has 1 atom stereocenters. The van der Waals surface area contributed by atoms with Crippen LogP contribution in [-0.2, 0) is 5.54 Å². The molecule has 2 aliphatic rings. The molecule has 2 fully saturated rings. The molecule has 0 amide bonds. The Morgan fingerprint density at radius 2 is 2.05 bits per heavy atom. The summed E-state index contributed by atoms with van der Waals surface area (Å²) >= 11 is 0. The predicted molar refractivity (Wildman–Crippen MR) is 83.1 cm³/mol. The number of hydrogen-bond donors (Lipinski definition) is 1. The molecule has 0 aromatic carbocycles. The van der Waals surface area contributed by atoms with Gasteiger partial charge in [-0.3, -0.25) is 0 Å². The van der Waals surface area contributed by atoms with Crippen molar-refractivity contribution in [1.29, 1.82) is 0 Å². The zero-order valence-corrected chi connectivity index (χ0v) is 13.5. The fourth-order valence-corrected chi connectivity index (χ4v) is 4.15. The molecule has 1 saturated carbocycles. The van der Waals surface area contributed by atoms with Gasteiger partial charge in [-0.05, 0) is 57.4 Å². The Bertz CT molecular complexity index is 443. The molecule has 2 heterocycles. The van der Waals surface area contributed by atoms with Crippen molar-refractivity contribution in [2.75, 3.05) is 6.54 Å². The van der Waals surface area contributed by atoms with Crippen LogP contribution < -0.4 is 5.32 Å². The molecule has 118 valence electrons. The molecule has 21 heavy (non-hydrogen) atoms. The van der Waals surface area contributed by atoms with Crippen molar-refractivity contribution in [2.24, 2.45) is 5.92 Å². The topological polar surface area (TPSA) is 51.0 Å². The summed E-state index contributed by atoms with van der Waals surface area (Å²) in [5, 5.41) is 7.90. The average Bonchev–Trinajstić information content (AvgIpc) is 3.18. The Morgan fingerprint density at radius 3 is 2.67 bits per heavy atom. The van der Waals surface area contributed by atoms with Crippen molar-refractivity contribution in [3.05, 3.63) is 11.7 Å². The fourth-order valence-electron chi connectivity index (χ4n) is 4.15. The lowest BCUT2D eigenvalue weighted by atomic mass is 9.80. The van der Waals surface area contributed by atoms with E-state index < -0.39 is 0 Å². The number of nitrogens with zero attached hydrogens (tertiary/aromatic N) is 2. The molecule has 1 aliphatic heterocycles. The second-order valence-corrected chi connectivity index (χ2v) is 6.93. The summed E-state index contributed by atoms with van der Waals surface area (Å²) in [4.78, 5) is 4.79. The zero-order chi connectivity index (χ0) is 14.7. The van der Waals surface area contributed by atoms with E-state index in [0.29, 0.717) is 5.92 Å². The molecule has 1 aliphatic carbocycles. The van der Waals surface area contributed by atoms with E-state index >= 15 is 0 Å². The highest BCUT2D eigenvalue weighted by Crippen LogP contribution is 2.38. The van der Waals surface area contributed by atoms with Gasteiger partial charge in [-0.1, -0.05) is 31.8 Å². The van der Waals surface area contributed by atoms with Crippen molar-refractivity contribution in [2.45, 2.75) is 83.1 Å². The molecule has 0 bridgehead atoms. The first kappa shape index (κ1) is 15.0. The molecule has 0 radical (unpaired) electrons. The molecule has 0 spiro atoms. The van der Waals surface area contributed by atoms with Gasteiger partial charge in [0.1, 0.15) is 0 Å². The molecule has 1 aromatic heterocycles. The lowest BCUT2D eigenvalue weighted by Crippen LogP contribution is -2.36. The normalized spacial score (nSPS) is 33.4. The monoisotopic (exact) mass is 291 g/mol. The summed E-state index contributed by atoms with van der Waals surface area (Å²) in [7, 11) is 0. The SMILES string of the molecule is CCCC1CCC(c2noc(C3(CC)CCCN3)n2)CC1. The minimum absolute atomic E-state index is 0.0509. The Hall–Kier alpha value is -0.900. The van der Waals surface area contributed by atoms with Crippen molar-refractivity contribution in [1.82, 2.24) is 15.5 Å². The van der Waals surface area contributed by atoms with Gasteiger partial charge in [0, 0.05) is 5.92 Å². The zero-order valence-electron chi connectivity index (χ0n) is 13.5. The Labute approximate surface area is 128 Å². The summed E-state index contributed by atoms with van der Waals surface area (Å²) < 4.78 is 5.65. The summed E-state index contributed by atoms with van der Waals surface area (Å²) in [5.41, 5.74) is -0.0509. The fraction of sp³-hybridized carbons (Fsp3) is 0.882. The summed E-state index contributed by atoms with van der Waals surface area (Å²) in [6, 6.07) is 0. The van der Waals surface area contributed by atoms with E-state index in [2.05, 4.69) is 24.3 Å². The minimum atomic E-state index is -0.0509. The van der Waals surface area contributed by atoms with Crippen molar-refractivity contribution < 1.29 is 4.52 Å². The largest absolute Gasteiger partial charge is 0.337 e. The molecule has 4 nitrogen and oxygen atoms in total. The number of nitrogens with one attached hydrogen (secondary N) is 1. The highest BCUT2D eigenvalue weighted by molar-refractivity contribution is 5.08. The third kappa shape index (κ3) is 3.01. The first-order valence-electron chi connectivity index (χ1n) is 8.86. The Kier molecular flexibility index (Phi) is 4.63. The van der Waals surface area contributed by atoms with Crippen LogP contribution in [0.5, 0.6) is 0 Å². The van der Waals surface area contributed by atoms with Crippen LogP contribution in [0, 0.1) is 5.92 Å². The van der Waals surface area contributed by atoms with Crippen LogP contribution in [0.4, 0.5) is 0 Å². The van der Waals surface area contributed by atoms with Crippen LogP contribution in [0.15, 0.2) is 4.52 Å². The molecule has 3 rings (SSSR count). The predicted octanol–water partition coefficient (Wildman–Crippen LogP) is 4.13. The van der Waals surface area contributed by atoms with E-state index in [-0.39, 0.29) is 5.54 Å². The maximum Gasteiger partial charge on any atom is 0.246 e. The highest BCUT2D eigenvalue weighted by Gasteiger charge is 2.39. The molecular formula is C17H29N3O. The van der Waals surface area contributed by atoms with Crippen LogP contribution in [0.1, 0.15) is 89.3 Å². The van der Waals surface area contributed by atoms with Crippen LogP contribution in [-0.4, -0.2) is 16.7 Å². The van der Waals surface area contributed by atoms with Crippen molar-refractivity contribution >= 4 is 0 Å². The molecule has 1 unspecified atom stereocenters. The summed E-state index contributed by atoms with van der Waals surface area (Å²) in [6.07, 6.45) is 11.2. The lowest BCUT2D eigenvalue weighted by Gasteiger charge is -2.26. The quantitative estimate of drug-likeness (QED) is 0.886. The van der Waals surface area contributed by atoms with E-state index in [1.54, 1.807) is 0 Å². The van der Waals surface area contributed by atoms with Crippen molar-refractivity contribution in [3.63, 3.8) is 0 Å². The average molecular weight is 291 g/mol. The minimum Gasteiger partial charge on any atom is -0.337 e. The molecule has 1 saturated heterocycles. The third-order valence-corrected chi connectivity index (χ3v) is 5.61. The number of hydrogen-bond acceptors (Lipinski definition) is 4. The third-order valence-electron chi connectivity index (χ3n) is 5.61. The molecule has 1 aromatic rings. The van der Waals surface area contributed by atoms with Gasteiger partial charge < -0.3 is 9.84 Å². The Balaban J connectivity index is 1.65. The second kappa shape index (κ2) is 6.47. The van der Waals surface area contributed by atoms with Gasteiger partial charge >= 0.3 is 0 Å². The number of rotatable bonds is 5. The van der Waals surface area contributed by atoms with Gasteiger partial charge in [0.05, 0.1) is 5.54 Å². The van der Waals surface area contributed by atoms with Crippen LogP contribution >= 0.6 is 0 Å². The highest BCUT2D eigenvalue weighted by atomic mass is 16.5. The molecule has 1 N–H and O–H groups in total. The first-order chi connectivity index (χ1) is 10.3. The van der Waals surface area contributed by atoms with E-state index in [4.69, 9.17) is 9.51 Å². The maximum atomic E-state index is 5.65. The standard InChI is InChI=1S/C17H29N3O/c1-3-6-13-7-9-14(10-8-13)15-19-16(21-20-15)17(4-2)11-5-12-18-17/h13-14,18H,3-12H2,1-2H3.